The third kappa shape index (κ3) is 5.99. The average Bonchev–Trinajstić information content (AvgIpc) is 2.77. The van der Waals surface area contributed by atoms with Gasteiger partial charge >= 0.3 is 6.09 Å². The lowest BCUT2D eigenvalue weighted by atomic mass is 9.97. The van der Waals surface area contributed by atoms with E-state index in [4.69, 9.17) is 14.2 Å². The van der Waals surface area contributed by atoms with E-state index in [0.29, 0.717) is 5.92 Å². The predicted octanol–water partition coefficient (Wildman–Crippen LogP) is 3.28. The summed E-state index contributed by atoms with van der Waals surface area (Å²) < 4.78 is 16.4. The number of methoxy groups -OCH3 is 2. The molecule has 2 aliphatic rings. The summed E-state index contributed by atoms with van der Waals surface area (Å²) in [6.07, 6.45) is 2.65. The Morgan fingerprint density at radius 3 is 2.25 bits per heavy atom. The number of fused-ring (bicyclic) bond motifs is 1. The van der Waals surface area contributed by atoms with Gasteiger partial charge in [0.2, 0.25) is 0 Å². The largest absolute Gasteiger partial charge is 0.493 e. The van der Waals surface area contributed by atoms with Crippen LogP contribution in [0.1, 0.15) is 44.7 Å². The Kier molecular flexibility index (Phi) is 7.74. The zero-order valence-corrected chi connectivity index (χ0v) is 20.4. The number of benzene rings is 1. The molecular formula is C24H38N4O4. The van der Waals surface area contributed by atoms with Crippen molar-refractivity contribution in [2.45, 2.75) is 52.2 Å². The quantitative estimate of drug-likeness (QED) is 0.565. The second kappa shape index (κ2) is 10.3. The van der Waals surface area contributed by atoms with Crippen molar-refractivity contribution in [3.05, 3.63) is 23.3 Å². The summed E-state index contributed by atoms with van der Waals surface area (Å²) in [5, 5.41) is 3.56. The number of carbonyl (C=O) groups excluding carboxylic acids is 1. The third-order valence-electron chi connectivity index (χ3n) is 6.04. The van der Waals surface area contributed by atoms with Crippen molar-refractivity contribution >= 4 is 12.1 Å². The van der Waals surface area contributed by atoms with Gasteiger partial charge in [-0.2, -0.15) is 0 Å². The Morgan fingerprint density at radius 1 is 1.06 bits per heavy atom. The minimum atomic E-state index is -0.454. The molecule has 1 fully saturated rings. The topological polar surface area (TPSA) is 75.6 Å². The monoisotopic (exact) mass is 446 g/mol. The summed E-state index contributed by atoms with van der Waals surface area (Å²) in [4.78, 5) is 20.9. The molecule has 8 heteroatoms. The highest BCUT2D eigenvalue weighted by molar-refractivity contribution is 5.80. The van der Waals surface area contributed by atoms with Crippen molar-refractivity contribution in [1.29, 1.82) is 0 Å². The van der Waals surface area contributed by atoms with Crippen molar-refractivity contribution in [2.24, 2.45) is 10.9 Å². The molecular weight excluding hydrogens is 408 g/mol. The molecule has 178 valence electrons. The first-order valence-electron chi connectivity index (χ1n) is 11.4. The van der Waals surface area contributed by atoms with Gasteiger partial charge in [-0.3, -0.25) is 4.99 Å². The van der Waals surface area contributed by atoms with Gasteiger partial charge in [0, 0.05) is 39.8 Å². The number of aliphatic imine (C=N–C) groups is 1. The SMILES string of the molecule is CN=C(NCC1CCN(C(=O)OC(C)(C)C)CC1)N1CCc2cc(OC)c(OC)cc2C1. The lowest BCUT2D eigenvalue weighted by molar-refractivity contribution is 0.0185. The minimum Gasteiger partial charge on any atom is -0.493 e. The van der Waals surface area contributed by atoms with Crippen LogP contribution in [0.4, 0.5) is 4.79 Å². The molecule has 0 radical (unpaired) electrons. The number of hydrogen-bond donors (Lipinski definition) is 1. The van der Waals surface area contributed by atoms with E-state index < -0.39 is 5.60 Å². The van der Waals surface area contributed by atoms with Gasteiger partial charge in [0.1, 0.15) is 5.60 Å². The smallest absolute Gasteiger partial charge is 0.410 e. The number of amides is 1. The number of nitrogens with zero attached hydrogens (tertiary/aromatic N) is 3. The van der Waals surface area contributed by atoms with Crippen LogP contribution in [0.15, 0.2) is 17.1 Å². The average molecular weight is 447 g/mol. The first-order valence-corrected chi connectivity index (χ1v) is 11.4. The highest BCUT2D eigenvalue weighted by Crippen LogP contribution is 2.33. The zero-order chi connectivity index (χ0) is 23.3. The lowest BCUT2D eigenvalue weighted by Crippen LogP contribution is -2.47. The molecule has 8 nitrogen and oxygen atoms in total. The van der Waals surface area contributed by atoms with Crippen LogP contribution in [-0.4, -0.2) is 74.9 Å². The van der Waals surface area contributed by atoms with Crippen LogP contribution >= 0.6 is 0 Å². The molecule has 0 atom stereocenters. The predicted molar refractivity (Wildman–Crippen MR) is 126 cm³/mol. The molecule has 1 N–H and O–H groups in total. The van der Waals surface area contributed by atoms with E-state index in [1.54, 1.807) is 14.2 Å². The standard InChI is InChI=1S/C24H38N4O4/c1-24(2,3)32-23(29)27-10-7-17(8-11-27)15-26-22(25-4)28-12-9-18-13-20(30-5)21(31-6)14-19(18)16-28/h13-14,17H,7-12,15-16H2,1-6H3,(H,25,26). The molecule has 1 amide bonds. The van der Waals surface area contributed by atoms with E-state index in [-0.39, 0.29) is 6.09 Å². The summed E-state index contributed by atoms with van der Waals surface area (Å²) >= 11 is 0. The molecule has 0 unspecified atom stereocenters. The number of piperidine rings is 1. The van der Waals surface area contributed by atoms with Gasteiger partial charge in [-0.05, 0) is 69.2 Å². The van der Waals surface area contributed by atoms with Gasteiger partial charge in [-0.1, -0.05) is 0 Å². The molecule has 32 heavy (non-hydrogen) atoms. The number of hydrogen-bond acceptors (Lipinski definition) is 5. The Hall–Kier alpha value is -2.64. The molecule has 1 aromatic rings. The summed E-state index contributed by atoms with van der Waals surface area (Å²) in [6, 6.07) is 4.15. The van der Waals surface area contributed by atoms with Crippen molar-refractivity contribution in [3.8, 4) is 11.5 Å². The van der Waals surface area contributed by atoms with Crippen molar-refractivity contribution in [1.82, 2.24) is 15.1 Å². The molecule has 0 saturated carbocycles. The maximum Gasteiger partial charge on any atom is 0.410 e. The van der Waals surface area contributed by atoms with E-state index in [9.17, 15) is 4.79 Å². The van der Waals surface area contributed by atoms with Gasteiger partial charge in [0.05, 0.1) is 14.2 Å². The van der Waals surface area contributed by atoms with Crippen LogP contribution < -0.4 is 14.8 Å². The summed E-state index contributed by atoms with van der Waals surface area (Å²) in [7, 11) is 5.17. The van der Waals surface area contributed by atoms with Gasteiger partial charge < -0.3 is 29.3 Å². The maximum atomic E-state index is 12.3. The van der Waals surface area contributed by atoms with Crippen LogP contribution in [0, 0.1) is 5.92 Å². The summed E-state index contributed by atoms with van der Waals surface area (Å²) in [5.41, 5.74) is 2.08. The minimum absolute atomic E-state index is 0.209. The molecule has 0 aliphatic carbocycles. The van der Waals surface area contributed by atoms with Crippen LogP contribution in [0.2, 0.25) is 0 Å². The number of guanidine groups is 1. The fourth-order valence-electron chi connectivity index (χ4n) is 4.28. The number of ether oxygens (including phenoxy) is 3. The number of rotatable bonds is 4. The second-order valence-electron chi connectivity index (χ2n) is 9.49. The van der Waals surface area contributed by atoms with Crippen molar-refractivity contribution < 1.29 is 19.0 Å². The first-order chi connectivity index (χ1) is 15.2. The fourth-order valence-corrected chi connectivity index (χ4v) is 4.28. The fraction of sp³-hybridized carbons (Fsp3) is 0.667. The molecule has 0 bridgehead atoms. The van der Waals surface area contributed by atoms with Crippen LogP contribution in [0.5, 0.6) is 11.5 Å². The summed E-state index contributed by atoms with van der Waals surface area (Å²) in [5.74, 6) is 2.96. The van der Waals surface area contributed by atoms with E-state index in [1.807, 2.05) is 32.7 Å². The Bertz CT molecular complexity index is 826. The van der Waals surface area contributed by atoms with E-state index >= 15 is 0 Å². The molecule has 1 aromatic carbocycles. The lowest BCUT2D eigenvalue weighted by Gasteiger charge is -2.35. The molecule has 3 rings (SSSR count). The number of nitrogens with one attached hydrogen (secondary N) is 1. The van der Waals surface area contributed by atoms with E-state index in [0.717, 1.165) is 69.4 Å². The normalized spacial score (nSPS) is 17.6. The van der Waals surface area contributed by atoms with Gasteiger partial charge in [-0.15, -0.1) is 0 Å². The highest BCUT2D eigenvalue weighted by Gasteiger charge is 2.27. The second-order valence-corrected chi connectivity index (χ2v) is 9.49. The van der Waals surface area contributed by atoms with Crippen LogP contribution in [0.3, 0.4) is 0 Å². The maximum absolute atomic E-state index is 12.3. The Balaban J connectivity index is 1.51. The molecule has 0 spiro atoms. The third-order valence-corrected chi connectivity index (χ3v) is 6.04. The molecule has 1 saturated heterocycles. The number of likely N-dealkylation sites (tertiary alicyclic amines) is 1. The molecule has 2 heterocycles. The van der Waals surface area contributed by atoms with Crippen LogP contribution in [-0.2, 0) is 17.7 Å². The Labute approximate surface area is 191 Å². The first kappa shape index (κ1) is 24.0. The van der Waals surface area contributed by atoms with E-state index in [2.05, 4.69) is 27.3 Å². The van der Waals surface area contributed by atoms with Gasteiger partial charge in [0.25, 0.3) is 0 Å². The van der Waals surface area contributed by atoms with Crippen molar-refractivity contribution in [2.75, 3.05) is 47.4 Å². The van der Waals surface area contributed by atoms with Crippen LogP contribution in [0.25, 0.3) is 0 Å². The van der Waals surface area contributed by atoms with Gasteiger partial charge in [-0.25, -0.2) is 4.79 Å². The van der Waals surface area contributed by atoms with E-state index in [1.165, 1.54) is 11.1 Å². The molecule has 0 aromatic heterocycles. The zero-order valence-electron chi connectivity index (χ0n) is 20.4. The van der Waals surface area contributed by atoms with Crippen molar-refractivity contribution in [3.63, 3.8) is 0 Å². The highest BCUT2D eigenvalue weighted by atomic mass is 16.6. The molecule has 2 aliphatic heterocycles. The Morgan fingerprint density at radius 2 is 1.69 bits per heavy atom. The number of carbonyl (C=O) groups is 1. The van der Waals surface area contributed by atoms with Gasteiger partial charge in [0.15, 0.2) is 17.5 Å². The summed E-state index contributed by atoms with van der Waals surface area (Å²) in [6.45, 7) is 9.71.